The van der Waals surface area contributed by atoms with Gasteiger partial charge in [0.15, 0.2) is 0 Å². The van der Waals surface area contributed by atoms with Gasteiger partial charge in [-0.05, 0) is 31.1 Å². The lowest BCUT2D eigenvalue weighted by Crippen LogP contribution is -2.45. The first kappa shape index (κ1) is 11.9. The first-order chi connectivity index (χ1) is 7.63. The average Bonchev–Trinajstić information content (AvgIpc) is 2.15. The molecule has 0 radical (unpaired) electrons. The van der Waals surface area contributed by atoms with E-state index in [4.69, 9.17) is 9.84 Å². The van der Waals surface area contributed by atoms with Crippen molar-refractivity contribution in [3.63, 3.8) is 0 Å². The summed E-state index contributed by atoms with van der Waals surface area (Å²) in [5, 5.41) is 9.17. The van der Waals surface area contributed by atoms with Crippen molar-refractivity contribution in [3.05, 3.63) is 0 Å². The number of hydrogen-bond acceptors (Lipinski definition) is 3. The molecule has 2 fully saturated rings. The Hall–Kier alpha value is -0.570. The minimum Gasteiger partial charge on any atom is -0.459 e. The predicted molar refractivity (Wildman–Crippen MR) is 60.9 cm³/mol. The Balaban J connectivity index is 2.09. The van der Waals surface area contributed by atoms with Crippen LogP contribution >= 0.6 is 0 Å². The Morgan fingerprint density at radius 1 is 1.38 bits per heavy atom. The molecule has 0 aliphatic heterocycles. The van der Waals surface area contributed by atoms with Gasteiger partial charge in [-0.3, -0.25) is 4.79 Å². The number of aliphatic hydroxyl groups excluding tert-OH is 1. The summed E-state index contributed by atoms with van der Waals surface area (Å²) in [6.45, 7) is 1.59. The lowest BCUT2D eigenvalue weighted by Gasteiger charge is -2.46. The van der Waals surface area contributed by atoms with Gasteiger partial charge < -0.3 is 9.84 Å². The maximum absolute atomic E-state index is 11.2. The monoisotopic (exact) mass is 226 g/mol. The molecule has 2 saturated carbocycles. The molecule has 0 saturated heterocycles. The number of aliphatic hydroxyl groups is 1. The highest BCUT2D eigenvalue weighted by Crippen LogP contribution is 2.47. The van der Waals surface area contributed by atoms with Gasteiger partial charge in [0, 0.05) is 20.0 Å². The van der Waals surface area contributed by atoms with Crippen molar-refractivity contribution in [2.45, 2.75) is 57.5 Å². The van der Waals surface area contributed by atoms with Gasteiger partial charge in [-0.1, -0.05) is 19.3 Å². The standard InChI is InChI=1S/C13H22O3/c1-10(15)16-13(5-6-14)8-11-3-2-4-12(7-11)9-13/h11-12,14H,2-9H2,1H3. The fraction of sp³-hybridized carbons (Fsp3) is 0.923. The topological polar surface area (TPSA) is 46.5 Å². The lowest BCUT2D eigenvalue weighted by atomic mass is 9.65. The molecule has 0 aromatic heterocycles. The molecule has 0 aromatic rings. The third-order valence-electron chi connectivity index (χ3n) is 4.14. The highest BCUT2D eigenvalue weighted by Gasteiger charge is 2.44. The first-order valence-electron chi connectivity index (χ1n) is 6.44. The van der Waals surface area contributed by atoms with Gasteiger partial charge in [0.25, 0.3) is 0 Å². The highest BCUT2D eigenvalue weighted by atomic mass is 16.6. The summed E-state index contributed by atoms with van der Waals surface area (Å²) in [6, 6.07) is 0. The number of rotatable bonds is 3. The van der Waals surface area contributed by atoms with Gasteiger partial charge in [0.2, 0.25) is 0 Å². The summed E-state index contributed by atoms with van der Waals surface area (Å²) in [5.41, 5.74) is -0.353. The van der Waals surface area contributed by atoms with Crippen molar-refractivity contribution in [1.82, 2.24) is 0 Å². The number of carbonyl (C=O) groups is 1. The van der Waals surface area contributed by atoms with Crippen LogP contribution < -0.4 is 0 Å². The molecule has 0 spiro atoms. The molecular weight excluding hydrogens is 204 g/mol. The van der Waals surface area contributed by atoms with E-state index in [9.17, 15) is 4.79 Å². The quantitative estimate of drug-likeness (QED) is 0.751. The zero-order valence-corrected chi connectivity index (χ0v) is 10.1. The molecule has 16 heavy (non-hydrogen) atoms. The van der Waals surface area contributed by atoms with Gasteiger partial charge in [0.05, 0.1) is 0 Å². The van der Waals surface area contributed by atoms with Crippen LogP contribution in [0.15, 0.2) is 0 Å². The summed E-state index contributed by atoms with van der Waals surface area (Å²) < 4.78 is 5.56. The number of hydrogen-bond donors (Lipinski definition) is 1. The van der Waals surface area contributed by atoms with Crippen molar-refractivity contribution in [3.8, 4) is 0 Å². The Morgan fingerprint density at radius 3 is 2.50 bits per heavy atom. The normalized spacial score (nSPS) is 38.1. The van der Waals surface area contributed by atoms with Gasteiger partial charge in [0.1, 0.15) is 5.60 Å². The molecule has 0 heterocycles. The molecule has 2 bridgehead atoms. The van der Waals surface area contributed by atoms with Gasteiger partial charge in [-0.25, -0.2) is 0 Å². The van der Waals surface area contributed by atoms with Crippen LogP contribution in [0.2, 0.25) is 0 Å². The van der Waals surface area contributed by atoms with Crippen molar-refractivity contribution in [1.29, 1.82) is 0 Å². The zero-order valence-electron chi connectivity index (χ0n) is 10.1. The fourth-order valence-electron chi connectivity index (χ4n) is 3.76. The van der Waals surface area contributed by atoms with Crippen molar-refractivity contribution < 1.29 is 14.6 Å². The van der Waals surface area contributed by atoms with E-state index in [1.54, 1.807) is 0 Å². The van der Waals surface area contributed by atoms with Gasteiger partial charge in [-0.2, -0.15) is 0 Å². The summed E-state index contributed by atoms with van der Waals surface area (Å²) >= 11 is 0. The van der Waals surface area contributed by atoms with Crippen LogP contribution in [0.5, 0.6) is 0 Å². The largest absolute Gasteiger partial charge is 0.459 e. The molecular formula is C13H22O3. The van der Waals surface area contributed by atoms with Crippen LogP contribution in [-0.2, 0) is 9.53 Å². The lowest BCUT2D eigenvalue weighted by molar-refractivity contribution is -0.168. The zero-order chi connectivity index (χ0) is 11.6. The second kappa shape index (κ2) is 4.74. The van der Waals surface area contributed by atoms with Crippen LogP contribution in [0, 0.1) is 11.8 Å². The Labute approximate surface area is 97.2 Å². The second-order valence-electron chi connectivity index (χ2n) is 5.56. The van der Waals surface area contributed by atoms with Crippen LogP contribution in [0.3, 0.4) is 0 Å². The van der Waals surface area contributed by atoms with Crippen LogP contribution in [-0.4, -0.2) is 23.3 Å². The minimum atomic E-state index is -0.353. The maximum Gasteiger partial charge on any atom is 0.303 e. The molecule has 2 aliphatic carbocycles. The van der Waals surface area contributed by atoms with E-state index in [0.717, 1.165) is 12.8 Å². The Kier molecular flexibility index (Phi) is 3.53. The number of carbonyl (C=O) groups excluding carboxylic acids is 1. The van der Waals surface area contributed by atoms with Crippen molar-refractivity contribution in [2.75, 3.05) is 6.61 Å². The third kappa shape index (κ3) is 2.57. The molecule has 1 N–H and O–H groups in total. The summed E-state index contributed by atoms with van der Waals surface area (Å²) in [4.78, 5) is 11.2. The van der Waals surface area contributed by atoms with Crippen LogP contribution in [0.1, 0.15) is 51.9 Å². The van der Waals surface area contributed by atoms with Crippen LogP contribution in [0.25, 0.3) is 0 Å². The molecule has 92 valence electrons. The predicted octanol–water partition coefficient (Wildman–Crippen LogP) is 2.27. The molecule has 3 nitrogen and oxygen atoms in total. The summed E-state index contributed by atoms with van der Waals surface area (Å²) in [7, 11) is 0. The number of esters is 1. The Morgan fingerprint density at radius 2 is 2.00 bits per heavy atom. The Bertz CT molecular complexity index is 250. The third-order valence-corrected chi connectivity index (χ3v) is 4.14. The average molecular weight is 226 g/mol. The van der Waals surface area contributed by atoms with E-state index in [0.29, 0.717) is 18.3 Å². The number of ether oxygens (including phenoxy) is 1. The molecule has 2 aliphatic rings. The molecule has 2 unspecified atom stereocenters. The molecule has 3 heteroatoms. The SMILES string of the molecule is CC(=O)OC1(CCO)CC2CCCC(C2)C1. The first-order valence-corrected chi connectivity index (χ1v) is 6.44. The molecule has 2 atom stereocenters. The highest BCUT2D eigenvalue weighted by molar-refractivity contribution is 5.66. The molecule has 0 aromatic carbocycles. The second-order valence-corrected chi connectivity index (χ2v) is 5.56. The molecule has 0 amide bonds. The van der Waals surface area contributed by atoms with Crippen molar-refractivity contribution in [2.24, 2.45) is 11.8 Å². The van der Waals surface area contributed by atoms with Crippen molar-refractivity contribution >= 4 is 5.97 Å². The smallest absolute Gasteiger partial charge is 0.303 e. The summed E-state index contributed by atoms with van der Waals surface area (Å²) in [5.74, 6) is 1.21. The van der Waals surface area contributed by atoms with E-state index >= 15 is 0 Å². The maximum atomic E-state index is 11.2. The van der Waals surface area contributed by atoms with Gasteiger partial charge in [-0.15, -0.1) is 0 Å². The van der Waals surface area contributed by atoms with E-state index in [2.05, 4.69) is 0 Å². The fourth-order valence-corrected chi connectivity index (χ4v) is 3.76. The van der Waals surface area contributed by atoms with E-state index in [1.165, 1.54) is 32.6 Å². The number of fused-ring (bicyclic) bond motifs is 2. The van der Waals surface area contributed by atoms with E-state index < -0.39 is 0 Å². The van der Waals surface area contributed by atoms with Gasteiger partial charge >= 0.3 is 5.97 Å². The minimum absolute atomic E-state index is 0.118. The van der Waals surface area contributed by atoms with Crippen LogP contribution in [0.4, 0.5) is 0 Å². The van der Waals surface area contributed by atoms with E-state index in [1.807, 2.05) is 0 Å². The molecule has 2 rings (SSSR count). The summed E-state index contributed by atoms with van der Waals surface area (Å²) in [6.07, 6.45) is 7.70. The van der Waals surface area contributed by atoms with E-state index in [-0.39, 0.29) is 18.2 Å².